The van der Waals surface area contributed by atoms with Crippen molar-refractivity contribution in [1.29, 1.82) is 0 Å². The summed E-state index contributed by atoms with van der Waals surface area (Å²) in [6, 6.07) is 0. The minimum Gasteiger partial charge on any atom is -0.259 e. The van der Waals surface area contributed by atoms with Crippen molar-refractivity contribution in [3.8, 4) is 0 Å². The predicted octanol–water partition coefficient (Wildman–Crippen LogP) is -0.110. The summed E-state index contributed by atoms with van der Waals surface area (Å²) in [6.07, 6.45) is 1.27. The zero-order valence-electron chi connectivity index (χ0n) is 2.68. The maximum atomic E-state index is 10.0. The second kappa shape index (κ2) is 0.400. The van der Waals surface area contributed by atoms with Crippen LogP contribution in [-0.4, -0.2) is 14.7 Å². The highest BCUT2D eigenvalue weighted by Gasteiger charge is 2.63. The van der Waals surface area contributed by atoms with Crippen molar-refractivity contribution in [3.05, 3.63) is 0 Å². The molecule has 2 unspecified atom stereocenters. The van der Waals surface area contributed by atoms with E-state index in [1.54, 1.807) is 0 Å². The van der Waals surface area contributed by atoms with Crippen molar-refractivity contribution in [1.82, 2.24) is 0 Å². The van der Waals surface area contributed by atoms with E-state index in [1.807, 2.05) is 0 Å². The summed E-state index contributed by atoms with van der Waals surface area (Å²) in [5, 5.41) is 1.38. The average Bonchev–Trinajstić information content (AvgIpc) is 2.11. The van der Waals surface area contributed by atoms with Gasteiger partial charge in [0.15, 0.2) is 0 Å². The summed E-state index contributed by atoms with van der Waals surface area (Å²) < 4.78 is 10.0. The van der Waals surface area contributed by atoms with Crippen LogP contribution in [0.4, 0.5) is 0 Å². The molecule has 0 bridgehead atoms. The smallest absolute Gasteiger partial charge is 0.0507 e. The van der Waals surface area contributed by atoms with Gasteiger partial charge in [0.2, 0.25) is 0 Å². The van der Waals surface area contributed by atoms with E-state index < -0.39 is 0 Å². The van der Waals surface area contributed by atoms with Crippen LogP contribution in [0.25, 0.3) is 0 Å². The van der Waals surface area contributed by atoms with Crippen LogP contribution in [0.1, 0.15) is 6.42 Å². The molecule has 2 aliphatic rings. The fraction of sp³-hybridized carbons (Fsp3) is 1.00. The second-order valence-corrected chi connectivity index (χ2v) is 3.51. The molecule has 1 saturated carbocycles. The van der Waals surface area contributed by atoms with Gasteiger partial charge >= 0.3 is 0 Å². The van der Waals surface area contributed by atoms with Crippen LogP contribution in [0, 0.1) is 0 Å². The molecule has 0 aromatic rings. The van der Waals surface area contributed by atoms with Gasteiger partial charge in [0.05, 0.1) is 10.5 Å². The van der Waals surface area contributed by atoms with Crippen LogP contribution < -0.4 is 0 Å². The fourth-order valence-corrected chi connectivity index (χ4v) is 1.63. The first-order chi connectivity index (χ1) is 2.39. The molecule has 1 heterocycles. The maximum Gasteiger partial charge on any atom is 0.0507 e. The third kappa shape index (κ3) is 0.130. The lowest BCUT2D eigenvalue weighted by atomic mass is 11.0. The summed E-state index contributed by atoms with van der Waals surface area (Å²) in [7, 11) is -0.309. The number of fused-ring (bicyclic) bond motifs is 1. The third-order valence-electron chi connectivity index (χ3n) is 1.20. The largest absolute Gasteiger partial charge is 0.259 e. The lowest BCUT2D eigenvalue weighted by Crippen LogP contribution is -1.73. The second-order valence-electron chi connectivity index (χ2n) is 1.64. The summed E-state index contributed by atoms with van der Waals surface area (Å²) in [4.78, 5) is 0. The maximum absolute atomic E-state index is 10.0. The molecule has 28 valence electrons. The Morgan fingerprint density at radius 2 is 2.00 bits per heavy atom. The Morgan fingerprint density at radius 1 is 1.60 bits per heavy atom. The van der Waals surface area contributed by atoms with Crippen molar-refractivity contribution >= 4 is 10.8 Å². The minimum absolute atomic E-state index is 0.309. The van der Waals surface area contributed by atoms with E-state index in [1.165, 1.54) is 6.42 Å². The highest BCUT2D eigenvalue weighted by atomic mass is 32.2. The van der Waals surface area contributed by atoms with E-state index >= 15 is 0 Å². The van der Waals surface area contributed by atoms with Gasteiger partial charge in [-0.2, -0.15) is 0 Å². The van der Waals surface area contributed by atoms with Gasteiger partial charge in [0.1, 0.15) is 0 Å². The molecule has 0 radical (unpaired) electrons. The van der Waals surface area contributed by atoms with Crippen molar-refractivity contribution in [2.45, 2.75) is 16.9 Å². The van der Waals surface area contributed by atoms with Crippen LogP contribution in [0.5, 0.6) is 0 Å². The van der Waals surface area contributed by atoms with Gasteiger partial charge in [-0.3, -0.25) is 4.21 Å². The van der Waals surface area contributed by atoms with Gasteiger partial charge < -0.3 is 0 Å². The third-order valence-corrected chi connectivity index (χ3v) is 3.12. The van der Waals surface area contributed by atoms with Crippen LogP contribution >= 0.6 is 0 Å². The van der Waals surface area contributed by atoms with Crippen LogP contribution in [0.2, 0.25) is 0 Å². The van der Waals surface area contributed by atoms with E-state index in [-0.39, 0.29) is 10.8 Å². The fourth-order valence-electron chi connectivity index (χ4n) is 0.498. The monoisotopic (exact) mass is 88.0 g/mol. The van der Waals surface area contributed by atoms with Gasteiger partial charge in [-0.1, -0.05) is 0 Å². The van der Waals surface area contributed by atoms with E-state index in [2.05, 4.69) is 0 Å². The van der Waals surface area contributed by atoms with Gasteiger partial charge in [0.25, 0.3) is 0 Å². The zero-order valence-corrected chi connectivity index (χ0v) is 3.49. The Morgan fingerprint density at radius 3 is 2.00 bits per heavy atom. The standard InChI is InChI=1S/C3H4OS/c4-5-2-1-3(2)5/h2-3H,1H2. The molecular weight excluding hydrogens is 84.1 g/mol. The molecule has 0 N–H and O–H groups in total. The van der Waals surface area contributed by atoms with Gasteiger partial charge in [0, 0.05) is 10.8 Å². The minimum atomic E-state index is -0.309. The number of hydrogen-bond acceptors (Lipinski definition) is 1. The van der Waals surface area contributed by atoms with Gasteiger partial charge in [-0.05, 0) is 6.42 Å². The summed E-state index contributed by atoms with van der Waals surface area (Å²) in [5.41, 5.74) is 0. The van der Waals surface area contributed by atoms with E-state index in [0.29, 0.717) is 10.5 Å². The Kier molecular flexibility index (Phi) is 0.187. The first-order valence-electron chi connectivity index (χ1n) is 1.79. The normalized spacial score (nSPS) is 70.0. The first-order valence-corrected chi connectivity index (χ1v) is 3.06. The van der Waals surface area contributed by atoms with Gasteiger partial charge in [-0.15, -0.1) is 0 Å². The summed E-state index contributed by atoms with van der Waals surface area (Å²) in [5.74, 6) is 0. The molecular formula is C3H4OS. The molecule has 2 rings (SSSR count). The van der Waals surface area contributed by atoms with E-state index in [9.17, 15) is 4.21 Å². The molecule has 2 fully saturated rings. The molecule has 5 heavy (non-hydrogen) atoms. The Hall–Kier alpha value is 0.150. The van der Waals surface area contributed by atoms with Crippen molar-refractivity contribution in [2.75, 3.05) is 0 Å². The quantitative estimate of drug-likeness (QED) is 0.377. The van der Waals surface area contributed by atoms with E-state index in [4.69, 9.17) is 0 Å². The van der Waals surface area contributed by atoms with Crippen LogP contribution in [-0.2, 0) is 10.8 Å². The molecule has 0 spiro atoms. The topological polar surface area (TPSA) is 17.1 Å². The zero-order chi connectivity index (χ0) is 3.44. The van der Waals surface area contributed by atoms with Crippen molar-refractivity contribution < 1.29 is 4.21 Å². The molecule has 1 aliphatic heterocycles. The van der Waals surface area contributed by atoms with Crippen molar-refractivity contribution in [3.63, 3.8) is 0 Å². The number of rotatable bonds is 0. The lowest BCUT2D eigenvalue weighted by molar-refractivity contribution is 0.689. The van der Waals surface area contributed by atoms with Gasteiger partial charge in [-0.25, -0.2) is 0 Å². The molecule has 0 aromatic heterocycles. The Bertz CT molecular complexity index is 89.1. The highest BCUT2D eigenvalue weighted by Crippen LogP contribution is 2.50. The van der Waals surface area contributed by atoms with Crippen LogP contribution in [0.15, 0.2) is 0 Å². The Balaban J connectivity index is 2.46. The number of hydrogen-bond donors (Lipinski definition) is 0. The SMILES string of the molecule is O=S1C2CC21. The molecule has 1 saturated heterocycles. The lowest BCUT2D eigenvalue weighted by Gasteiger charge is -1.66. The predicted molar refractivity (Wildman–Crippen MR) is 20.3 cm³/mol. The van der Waals surface area contributed by atoms with Crippen LogP contribution in [0.3, 0.4) is 0 Å². The molecule has 2 heteroatoms. The molecule has 2 atom stereocenters. The molecule has 0 amide bonds. The summed E-state index contributed by atoms with van der Waals surface area (Å²) >= 11 is 0. The van der Waals surface area contributed by atoms with E-state index in [0.717, 1.165) is 0 Å². The average molecular weight is 88.1 g/mol. The first kappa shape index (κ1) is 2.35. The molecule has 0 aromatic carbocycles. The van der Waals surface area contributed by atoms with Crippen molar-refractivity contribution in [2.24, 2.45) is 0 Å². The Labute approximate surface area is 32.8 Å². The highest BCUT2D eigenvalue weighted by molar-refractivity contribution is 7.95. The molecule has 1 nitrogen and oxygen atoms in total. The molecule has 1 aliphatic carbocycles. The summed E-state index contributed by atoms with van der Waals surface area (Å²) in [6.45, 7) is 0.